The number of nitrogens with one attached hydrogen (secondary N) is 1. The molecular weight excluding hydrogens is 361 g/mol. The van der Waals surface area contributed by atoms with Crippen molar-refractivity contribution < 1.29 is 23.5 Å². The number of halogens is 2. The summed E-state index contributed by atoms with van der Waals surface area (Å²) < 4.78 is 23.4. The lowest BCUT2D eigenvalue weighted by Crippen LogP contribution is -2.21. The molecule has 0 saturated carbocycles. The first-order valence-corrected chi connectivity index (χ1v) is 8.35. The molecule has 2 rings (SSSR count). The van der Waals surface area contributed by atoms with E-state index in [1.165, 1.54) is 6.07 Å². The van der Waals surface area contributed by atoms with Crippen molar-refractivity contribution >= 4 is 29.2 Å². The van der Waals surface area contributed by atoms with Gasteiger partial charge in [-0.15, -0.1) is 0 Å². The van der Waals surface area contributed by atoms with E-state index in [0.29, 0.717) is 12.2 Å². The van der Waals surface area contributed by atoms with Crippen molar-refractivity contribution in [2.75, 3.05) is 11.9 Å². The molecule has 0 aliphatic carbocycles. The Hall–Kier alpha value is -2.44. The molecule has 0 heterocycles. The molecule has 0 saturated heterocycles. The van der Waals surface area contributed by atoms with Crippen LogP contribution in [0.1, 0.15) is 29.8 Å². The lowest BCUT2D eigenvalue weighted by Gasteiger charge is -2.09. The molecule has 0 spiro atoms. The summed E-state index contributed by atoms with van der Waals surface area (Å²) in [6, 6.07) is 10.3. The smallest absolute Gasteiger partial charge is 0.338 e. The summed E-state index contributed by atoms with van der Waals surface area (Å²) in [6.45, 7) is 3.85. The van der Waals surface area contributed by atoms with Gasteiger partial charge in [-0.25, -0.2) is 9.18 Å². The Balaban J connectivity index is 1.84. The normalized spacial score (nSPS) is 10.7. The molecule has 0 aromatic heterocycles. The largest absolute Gasteiger partial charge is 0.452 e. The summed E-state index contributed by atoms with van der Waals surface area (Å²) >= 11 is 5.82. The van der Waals surface area contributed by atoms with Crippen LogP contribution in [0.2, 0.25) is 5.02 Å². The van der Waals surface area contributed by atoms with E-state index in [9.17, 15) is 14.0 Å². The van der Waals surface area contributed by atoms with Crippen LogP contribution in [0.5, 0.6) is 0 Å². The van der Waals surface area contributed by atoms with Crippen molar-refractivity contribution in [3.8, 4) is 0 Å². The second kappa shape index (κ2) is 9.31. The predicted octanol–water partition coefficient (Wildman–Crippen LogP) is 4.20. The van der Waals surface area contributed by atoms with Gasteiger partial charge in [-0.2, -0.15) is 0 Å². The van der Waals surface area contributed by atoms with Gasteiger partial charge in [0.1, 0.15) is 5.82 Å². The zero-order valence-electron chi connectivity index (χ0n) is 14.4. The summed E-state index contributed by atoms with van der Waals surface area (Å²) in [5.74, 6) is -1.71. The van der Waals surface area contributed by atoms with E-state index < -0.39 is 24.3 Å². The molecule has 1 N–H and O–H groups in total. The number of amides is 1. The van der Waals surface area contributed by atoms with Crippen LogP contribution in [0.25, 0.3) is 0 Å². The summed E-state index contributed by atoms with van der Waals surface area (Å²) in [5.41, 5.74) is 1.49. The fourth-order valence-electron chi connectivity index (χ4n) is 1.99. The Morgan fingerprint density at radius 3 is 2.46 bits per heavy atom. The first kappa shape index (κ1) is 19.9. The molecule has 0 radical (unpaired) electrons. The molecule has 138 valence electrons. The molecular formula is C19H19ClFNO4. The second-order valence-electron chi connectivity index (χ2n) is 5.81. The number of esters is 1. The van der Waals surface area contributed by atoms with Crippen LogP contribution in [0.15, 0.2) is 42.5 Å². The van der Waals surface area contributed by atoms with E-state index in [2.05, 4.69) is 5.32 Å². The highest BCUT2D eigenvalue weighted by molar-refractivity contribution is 6.33. The van der Waals surface area contributed by atoms with E-state index in [1.807, 2.05) is 13.8 Å². The van der Waals surface area contributed by atoms with Crippen molar-refractivity contribution in [2.45, 2.75) is 26.6 Å². The monoisotopic (exact) mass is 379 g/mol. The lowest BCUT2D eigenvalue weighted by molar-refractivity contribution is -0.119. The third-order valence-corrected chi connectivity index (χ3v) is 3.63. The number of benzene rings is 2. The first-order chi connectivity index (χ1) is 12.3. The maximum absolute atomic E-state index is 13.0. The van der Waals surface area contributed by atoms with Gasteiger partial charge in [0.15, 0.2) is 6.61 Å². The average Bonchev–Trinajstić information content (AvgIpc) is 2.60. The van der Waals surface area contributed by atoms with Gasteiger partial charge in [-0.3, -0.25) is 4.79 Å². The van der Waals surface area contributed by atoms with Crippen molar-refractivity contribution in [1.29, 1.82) is 0 Å². The van der Waals surface area contributed by atoms with Crippen molar-refractivity contribution in [1.82, 2.24) is 0 Å². The molecule has 2 aromatic carbocycles. The molecule has 7 heteroatoms. The molecule has 0 unspecified atom stereocenters. The van der Waals surface area contributed by atoms with Crippen LogP contribution in [0, 0.1) is 5.82 Å². The molecule has 0 aliphatic heterocycles. The van der Waals surface area contributed by atoms with Crippen molar-refractivity contribution in [3.05, 3.63) is 64.4 Å². The van der Waals surface area contributed by atoms with Crippen LogP contribution in [-0.2, 0) is 20.9 Å². The van der Waals surface area contributed by atoms with Gasteiger partial charge >= 0.3 is 5.97 Å². The lowest BCUT2D eigenvalue weighted by atomic mass is 10.1. The van der Waals surface area contributed by atoms with E-state index in [0.717, 1.165) is 17.7 Å². The minimum atomic E-state index is -0.623. The first-order valence-electron chi connectivity index (χ1n) is 7.97. The van der Waals surface area contributed by atoms with E-state index in [4.69, 9.17) is 21.1 Å². The van der Waals surface area contributed by atoms with E-state index >= 15 is 0 Å². The Labute approximate surface area is 156 Å². The van der Waals surface area contributed by atoms with Gasteiger partial charge in [0.2, 0.25) is 0 Å². The summed E-state index contributed by atoms with van der Waals surface area (Å²) in [7, 11) is 0. The molecule has 26 heavy (non-hydrogen) atoms. The number of ether oxygens (including phenoxy) is 2. The zero-order chi connectivity index (χ0) is 19.1. The van der Waals surface area contributed by atoms with Crippen LogP contribution in [0.3, 0.4) is 0 Å². The van der Waals surface area contributed by atoms with Gasteiger partial charge in [-0.05, 0) is 49.7 Å². The number of carbonyl (C=O) groups is 2. The molecule has 0 atom stereocenters. The van der Waals surface area contributed by atoms with Crippen LogP contribution < -0.4 is 5.32 Å². The molecule has 0 fully saturated rings. The highest BCUT2D eigenvalue weighted by Crippen LogP contribution is 2.22. The molecule has 0 bridgehead atoms. The number of hydrogen-bond donors (Lipinski definition) is 1. The minimum absolute atomic E-state index is 0.0591. The Morgan fingerprint density at radius 1 is 1.15 bits per heavy atom. The maximum Gasteiger partial charge on any atom is 0.338 e. The quantitative estimate of drug-likeness (QED) is 0.732. The standard InChI is InChI=1S/C19H19ClFNO4/c1-12(2)25-10-13-3-5-14(6-4-13)19(24)26-11-18(23)22-17-8-7-15(21)9-16(17)20/h3-9,12H,10-11H2,1-2H3,(H,22,23). The van der Waals surface area contributed by atoms with Crippen LogP contribution in [0.4, 0.5) is 10.1 Å². The third kappa shape index (κ3) is 6.13. The van der Waals surface area contributed by atoms with E-state index in [1.54, 1.807) is 24.3 Å². The SMILES string of the molecule is CC(C)OCc1ccc(C(=O)OCC(=O)Nc2ccc(F)cc2Cl)cc1. The van der Waals surface area contributed by atoms with Gasteiger partial charge in [0, 0.05) is 0 Å². The van der Waals surface area contributed by atoms with Gasteiger partial charge < -0.3 is 14.8 Å². The Bertz CT molecular complexity index is 778. The number of carbonyl (C=O) groups excluding carboxylic acids is 2. The topological polar surface area (TPSA) is 64.6 Å². The van der Waals surface area contributed by atoms with Gasteiger partial charge in [0.25, 0.3) is 5.91 Å². The maximum atomic E-state index is 13.0. The predicted molar refractivity (Wildman–Crippen MR) is 96.7 cm³/mol. The van der Waals surface area contributed by atoms with Crippen molar-refractivity contribution in [3.63, 3.8) is 0 Å². The van der Waals surface area contributed by atoms with Crippen LogP contribution in [-0.4, -0.2) is 24.6 Å². The highest BCUT2D eigenvalue weighted by Gasteiger charge is 2.12. The summed E-state index contributed by atoms with van der Waals surface area (Å²) in [5, 5.41) is 2.51. The van der Waals surface area contributed by atoms with Crippen molar-refractivity contribution in [2.24, 2.45) is 0 Å². The number of rotatable bonds is 7. The highest BCUT2D eigenvalue weighted by atomic mass is 35.5. The fraction of sp³-hybridized carbons (Fsp3) is 0.263. The second-order valence-corrected chi connectivity index (χ2v) is 6.21. The summed E-state index contributed by atoms with van der Waals surface area (Å²) in [6.07, 6.45) is 0.118. The van der Waals surface area contributed by atoms with Gasteiger partial charge in [-0.1, -0.05) is 23.7 Å². The third-order valence-electron chi connectivity index (χ3n) is 3.31. The molecule has 1 amide bonds. The minimum Gasteiger partial charge on any atom is -0.452 e. The molecule has 0 aliphatic rings. The fourth-order valence-corrected chi connectivity index (χ4v) is 2.21. The summed E-state index contributed by atoms with van der Waals surface area (Å²) in [4.78, 5) is 23.8. The zero-order valence-corrected chi connectivity index (χ0v) is 15.2. The average molecular weight is 380 g/mol. The molecule has 2 aromatic rings. The number of hydrogen-bond acceptors (Lipinski definition) is 4. The van der Waals surface area contributed by atoms with Crippen LogP contribution >= 0.6 is 11.6 Å². The van der Waals surface area contributed by atoms with E-state index in [-0.39, 0.29) is 16.8 Å². The Kier molecular flexibility index (Phi) is 7.12. The Morgan fingerprint density at radius 2 is 1.85 bits per heavy atom. The number of anilines is 1. The van der Waals surface area contributed by atoms with Gasteiger partial charge in [0.05, 0.1) is 29.0 Å². The molecule has 5 nitrogen and oxygen atoms in total.